The van der Waals surface area contributed by atoms with Crippen LogP contribution in [0.2, 0.25) is 0 Å². The van der Waals surface area contributed by atoms with Gasteiger partial charge in [0, 0.05) is 17.3 Å². The summed E-state index contributed by atoms with van der Waals surface area (Å²) in [4.78, 5) is 4.17. The maximum absolute atomic E-state index is 14.3. The Labute approximate surface area is 149 Å². The number of nitrogens with two attached hydrogens (primary N) is 1. The standard InChI is InChI=1S/C21H24FN3/c1-5-6-7-17(18-9-16(10-23)13(2)8-14(18)3)19-11-25-12-20(24)21(19)15(4)22/h7-9,11-12,15H,5-6,24H2,1-4H3/b17-7+. The van der Waals surface area contributed by atoms with Crippen molar-refractivity contribution in [3.8, 4) is 6.07 Å². The van der Waals surface area contributed by atoms with Crippen molar-refractivity contribution in [1.29, 1.82) is 5.26 Å². The van der Waals surface area contributed by atoms with Crippen LogP contribution in [0.25, 0.3) is 5.57 Å². The lowest BCUT2D eigenvalue weighted by Crippen LogP contribution is -2.04. The highest BCUT2D eigenvalue weighted by Crippen LogP contribution is 2.36. The average molecular weight is 337 g/mol. The van der Waals surface area contributed by atoms with E-state index in [1.807, 2.05) is 26.0 Å². The molecule has 0 aliphatic rings. The van der Waals surface area contributed by atoms with Crippen molar-refractivity contribution < 1.29 is 4.39 Å². The van der Waals surface area contributed by atoms with Gasteiger partial charge in [-0.05, 0) is 55.5 Å². The summed E-state index contributed by atoms with van der Waals surface area (Å²) in [5.41, 5.74) is 11.9. The Bertz CT molecular complexity index is 845. The highest BCUT2D eigenvalue weighted by molar-refractivity contribution is 5.85. The lowest BCUT2D eigenvalue weighted by Gasteiger charge is -2.18. The summed E-state index contributed by atoms with van der Waals surface area (Å²) >= 11 is 0. The number of nitrogen functional groups attached to an aromatic ring is 1. The van der Waals surface area contributed by atoms with Crippen molar-refractivity contribution >= 4 is 11.3 Å². The molecule has 25 heavy (non-hydrogen) atoms. The fourth-order valence-electron chi connectivity index (χ4n) is 3.06. The summed E-state index contributed by atoms with van der Waals surface area (Å²) in [6, 6.07) is 6.10. The fraction of sp³-hybridized carbons (Fsp3) is 0.333. The minimum absolute atomic E-state index is 0.347. The van der Waals surface area contributed by atoms with Crippen molar-refractivity contribution in [2.75, 3.05) is 5.73 Å². The van der Waals surface area contributed by atoms with Gasteiger partial charge in [0.25, 0.3) is 0 Å². The predicted octanol–water partition coefficient (Wildman–Crippen LogP) is 5.41. The number of hydrogen-bond donors (Lipinski definition) is 1. The normalized spacial score (nSPS) is 12.7. The molecule has 0 aliphatic carbocycles. The van der Waals surface area contributed by atoms with Gasteiger partial charge in [0.2, 0.25) is 0 Å². The molecule has 4 heteroatoms. The van der Waals surface area contributed by atoms with E-state index >= 15 is 0 Å². The smallest absolute Gasteiger partial charge is 0.125 e. The first-order valence-electron chi connectivity index (χ1n) is 8.50. The Morgan fingerprint density at radius 2 is 2.00 bits per heavy atom. The fourth-order valence-corrected chi connectivity index (χ4v) is 3.06. The molecule has 1 atom stereocenters. The number of benzene rings is 1. The van der Waals surface area contributed by atoms with Crippen LogP contribution in [0.4, 0.5) is 10.1 Å². The Balaban J connectivity index is 2.77. The minimum atomic E-state index is -1.20. The summed E-state index contributed by atoms with van der Waals surface area (Å²) in [5.74, 6) is 0. The minimum Gasteiger partial charge on any atom is -0.397 e. The molecule has 0 bridgehead atoms. The van der Waals surface area contributed by atoms with E-state index in [0.717, 1.165) is 35.1 Å². The Morgan fingerprint density at radius 3 is 2.60 bits per heavy atom. The van der Waals surface area contributed by atoms with E-state index in [0.29, 0.717) is 22.4 Å². The zero-order chi connectivity index (χ0) is 18.6. The van der Waals surface area contributed by atoms with E-state index in [2.05, 4.69) is 24.1 Å². The molecule has 130 valence electrons. The van der Waals surface area contributed by atoms with Crippen LogP contribution >= 0.6 is 0 Å². The van der Waals surface area contributed by atoms with E-state index in [1.54, 1.807) is 6.20 Å². The second kappa shape index (κ2) is 7.94. The van der Waals surface area contributed by atoms with Crippen LogP contribution in [0.5, 0.6) is 0 Å². The van der Waals surface area contributed by atoms with Crippen LogP contribution < -0.4 is 5.73 Å². The summed E-state index contributed by atoms with van der Waals surface area (Å²) in [6.07, 6.45) is 5.84. The van der Waals surface area contributed by atoms with E-state index in [1.165, 1.54) is 13.1 Å². The van der Waals surface area contributed by atoms with Crippen molar-refractivity contribution in [3.05, 3.63) is 64.0 Å². The summed E-state index contributed by atoms with van der Waals surface area (Å²) in [5, 5.41) is 9.39. The van der Waals surface area contributed by atoms with Gasteiger partial charge in [0.05, 0.1) is 23.5 Å². The molecule has 0 radical (unpaired) electrons. The maximum Gasteiger partial charge on any atom is 0.125 e. The monoisotopic (exact) mass is 337 g/mol. The third-order valence-corrected chi connectivity index (χ3v) is 4.33. The number of nitrogens with zero attached hydrogens (tertiary/aromatic N) is 2. The average Bonchev–Trinajstić information content (AvgIpc) is 2.56. The van der Waals surface area contributed by atoms with Crippen LogP contribution in [0.1, 0.15) is 66.2 Å². The van der Waals surface area contributed by atoms with Gasteiger partial charge in [-0.1, -0.05) is 25.5 Å². The second-order valence-corrected chi connectivity index (χ2v) is 6.31. The Hall–Kier alpha value is -2.67. The molecule has 1 unspecified atom stereocenters. The number of unbranched alkanes of at least 4 members (excludes halogenated alkanes) is 1. The SMILES string of the molecule is CCC/C=C(\c1cc(C#N)c(C)cc1C)c1cncc(N)c1C(C)F. The zero-order valence-corrected chi connectivity index (χ0v) is 15.2. The van der Waals surface area contributed by atoms with Crippen LogP contribution in [0.15, 0.2) is 30.6 Å². The number of anilines is 1. The third kappa shape index (κ3) is 3.88. The molecule has 3 nitrogen and oxygen atoms in total. The number of nitriles is 1. The molecule has 1 heterocycles. The Morgan fingerprint density at radius 1 is 1.28 bits per heavy atom. The van der Waals surface area contributed by atoms with Crippen molar-refractivity contribution in [3.63, 3.8) is 0 Å². The first kappa shape index (κ1) is 18.7. The summed E-state index contributed by atoms with van der Waals surface area (Å²) in [7, 11) is 0. The van der Waals surface area contributed by atoms with Crippen molar-refractivity contribution in [2.45, 2.75) is 46.7 Å². The topological polar surface area (TPSA) is 62.7 Å². The van der Waals surface area contributed by atoms with Crippen molar-refractivity contribution in [1.82, 2.24) is 4.98 Å². The zero-order valence-electron chi connectivity index (χ0n) is 15.2. The number of halogens is 1. The number of hydrogen-bond acceptors (Lipinski definition) is 3. The van der Waals surface area contributed by atoms with Gasteiger partial charge in [-0.3, -0.25) is 4.98 Å². The molecular formula is C21H24FN3. The third-order valence-electron chi connectivity index (χ3n) is 4.33. The Kier molecular flexibility index (Phi) is 5.93. The molecule has 1 aromatic heterocycles. The molecule has 2 aromatic rings. The van der Waals surface area contributed by atoms with Gasteiger partial charge in [-0.15, -0.1) is 0 Å². The number of aryl methyl sites for hydroxylation is 2. The molecular weight excluding hydrogens is 313 g/mol. The molecule has 0 fully saturated rings. The largest absolute Gasteiger partial charge is 0.397 e. The molecule has 0 saturated heterocycles. The first-order chi connectivity index (χ1) is 11.9. The lowest BCUT2D eigenvalue weighted by atomic mass is 9.88. The maximum atomic E-state index is 14.3. The number of allylic oxidation sites excluding steroid dienone is 1. The number of rotatable bonds is 5. The van der Waals surface area contributed by atoms with Crippen LogP contribution in [0.3, 0.4) is 0 Å². The predicted molar refractivity (Wildman–Crippen MR) is 101 cm³/mol. The van der Waals surface area contributed by atoms with Gasteiger partial charge in [0.15, 0.2) is 0 Å². The van der Waals surface area contributed by atoms with Gasteiger partial charge < -0.3 is 5.73 Å². The number of aromatic nitrogens is 1. The molecule has 0 saturated carbocycles. The molecule has 1 aromatic carbocycles. The van der Waals surface area contributed by atoms with E-state index in [4.69, 9.17) is 5.73 Å². The quantitative estimate of drug-likeness (QED) is 0.793. The molecule has 2 rings (SSSR count). The number of alkyl halides is 1. The summed E-state index contributed by atoms with van der Waals surface area (Å²) < 4.78 is 14.3. The highest BCUT2D eigenvalue weighted by atomic mass is 19.1. The van der Waals surface area contributed by atoms with Crippen LogP contribution in [-0.4, -0.2) is 4.98 Å². The van der Waals surface area contributed by atoms with Gasteiger partial charge >= 0.3 is 0 Å². The van der Waals surface area contributed by atoms with Crippen LogP contribution in [-0.2, 0) is 0 Å². The van der Waals surface area contributed by atoms with Gasteiger partial charge in [-0.25, -0.2) is 4.39 Å². The molecule has 0 aliphatic heterocycles. The first-order valence-corrected chi connectivity index (χ1v) is 8.50. The van der Waals surface area contributed by atoms with E-state index in [9.17, 15) is 9.65 Å². The van der Waals surface area contributed by atoms with Gasteiger partial charge in [0.1, 0.15) is 6.17 Å². The van der Waals surface area contributed by atoms with Crippen molar-refractivity contribution in [2.24, 2.45) is 0 Å². The van der Waals surface area contributed by atoms with Gasteiger partial charge in [-0.2, -0.15) is 5.26 Å². The molecule has 0 amide bonds. The van der Waals surface area contributed by atoms with E-state index in [-0.39, 0.29) is 0 Å². The number of pyridine rings is 1. The van der Waals surface area contributed by atoms with E-state index < -0.39 is 6.17 Å². The molecule has 0 spiro atoms. The highest BCUT2D eigenvalue weighted by Gasteiger charge is 2.19. The molecule has 2 N–H and O–H groups in total. The second-order valence-electron chi connectivity index (χ2n) is 6.31. The summed E-state index contributed by atoms with van der Waals surface area (Å²) in [6.45, 7) is 7.49. The van der Waals surface area contributed by atoms with Crippen LogP contribution in [0, 0.1) is 25.2 Å². The lowest BCUT2D eigenvalue weighted by molar-refractivity contribution is 0.374.